The minimum absolute atomic E-state index is 0.0326. The number of rotatable bonds is 5. The first kappa shape index (κ1) is 28.9. The summed E-state index contributed by atoms with van der Waals surface area (Å²) < 4.78 is 58.7. The Kier molecular flexibility index (Phi) is 9.72. The molecule has 2 amide bonds. The molecule has 2 aromatic rings. The highest BCUT2D eigenvalue weighted by Crippen LogP contribution is 2.25. The average Bonchev–Trinajstić information content (AvgIpc) is 2.80. The maximum Gasteiger partial charge on any atom is 0.490 e. The number of aliphatic carboxylic acids is 1. The molecule has 196 valence electrons. The van der Waals surface area contributed by atoms with Gasteiger partial charge in [0.05, 0.1) is 21.2 Å². The number of hydrogen-bond donors (Lipinski definition) is 4. The zero-order chi connectivity index (χ0) is 27.1. The SMILES string of the molecule is CC(=O)Nc1ccc(S(=O)(=O)NC(=O)c2cnc(C3CCNCC3)nc2)cc1Cl.O=C(O)C(F)(F)F. The van der Waals surface area contributed by atoms with Crippen molar-refractivity contribution < 1.29 is 41.1 Å². The number of nitrogens with zero attached hydrogens (tertiary/aromatic N) is 2. The Hall–Kier alpha value is -3.30. The second-order valence-electron chi connectivity index (χ2n) is 7.41. The van der Waals surface area contributed by atoms with Crippen LogP contribution in [0.15, 0.2) is 35.5 Å². The number of amides is 2. The number of alkyl halides is 3. The molecule has 1 aromatic carbocycles. The van der Waals surface area contributed by atoms with Crippen LogP contribution < -0.4 is 15.4 Å². The van der Waals surface area contributed by atoms with Gasteiger partial charge >= 0.3 is 12.1 Å². The van der Waals surface area contributed by atoms with Gasteiger partial charge in [0.15, 0.2) is 0 Å². The fourth-order valence-electron chi connectivity index (χ4n) is 2.94. The quantitative estimate of drug-likeness (QED) is 0.436. The lowest BCUT2D eigenvalue weighted by Crippen LogP contribution is -2.31. The van der Waals surface area contributed by atoms with Gasteiger partial charge in [0.25, 0.3) is 15.9 Å². The number of carbonyl (C=O) groups is 3. The third kappa shape index (κ3) is 8.42. The Labute approximate surface area is 208 Å². The Balaban J connectivity index is 0.000000572. The van der Waals surface area contributed by atoms with Crippen LogP contribution in [0, 0.1) is 0 Å². The Bertz CT molecular complexity index is 1220. The number of carboxylic acids is 1. The predicted molar refractivity (Wildman–Crippen MR) is 121 cm³/mol. The third-order valence-electron chi connectivity index (χ3n) is 4.67. The zero-order valence-corrected chi connectivity index (χ0v) is 20.2. The van der Waals surface area contributed by atoms with E-state index in [4.69, 9.17) is 21.5 Å². The van der Waals surface area contributed by atoms with Crippen molar-refractivity contribution >= 4 is 45.1 Å². The molecule has 0 saturated carbocycles. The molecule has 1 aromatic heterocycles. The standard InChI is InChI=1S/C18H20ClN5O4S.C2HF3O2/c1-11(25)23-16-3-2-14(8-15(16)19)29(27,28)24-18(26)13-9-21-17(22-10-13)12-4-6-20-7-5-12;3-2(4,5)1(6)7/h2-3,8-10,12,20H,4-7H2,1H3,(H,23,25)(H,24,26);(H,6,7). The number of hydrogen-bond acceptors (Lipinski definition) is 8. The fraction of sp³-hybridized carbons (Fsp3) is 0.350. The number of anilines is 1. The summed E-state index contributed by atoms with van der Waals surface area (Å²) in [6, 6.07) is 3.74. The maximum absolute atomic E-state index is 12.5. The van der Waals surface area contributed by atoms with Crippen LogP contribution >= 0.6 is 11.6 Å². The fourth-order valence-corrected chi connectivity index (χ4v) is 4.23. The molecular formula is C20H21ClF3N5O6S. The van der Waals surface area contributed by atoms with Gasteiger partial charge in [0.1, 0.15) is 5.82 Å². The second kappa shape index (κ2) is 12.1. The number of benzene rings is 1. The second-order valence-corrected chi connectivity index (χ2v) is 9.50. The van der Waals surface area contributed by atoms with E-state index in [-0.39, 0.29) is 33.0 Å². The van der Waals surface area contributed by atoms with Crippen LogP contribution in [0.25, 0.3) is 0 Å². The van der Waals surface area contributed by atoms with Crippen LogP contribution in [0.1, 0.15) is 41.9 Å². The summed E-state index contributed by atoms with van der Waals surface area (Å²) in [5.41, 5.74) is 0.304. The number of piperidine rings is 1. The largest absolute Gasteiger partial charge is 0.490 e. The number of carbonyl (C=O) groups excluding carboxylic acids is 2. The van der Waals surface area contributed by atoms with Crippen LogP contribution in [-0.2, 0) is 19.6 Å². The highest BCUT2D eigenvalue weighted by molar-refractivity contribution is 7.90. The molecule has 1 aliphatic heterocycles. The highest BCUT2D eigenvalue weighted by atomic mass is 35.5. The van der Waals surface area contributed by atoms with E-state index in [1.165, 1.54) is 31.5 Å². The summed E-state index contributed by atoms with van der Waals surface area (Å²) in [6.45, 7) is 3.08. The van der Waals surface area contributed by atoms with E-state index in [0.717, 1.165) is 32.0 Å². The number of halogens is 4. The van der Waals surface area contributed by atoms with Crippen LogP contribution in [0.5, 0.6) is 0 Å². The van der Waals surface area contributed by atoms with Crippen molar-refractivity contribution in [1.29, 1.82) is 0 Å². The van der Waals surface area contributed by atoms with Gasteiger partial charge in [-0.05, 0) is 44.1 Å². The molecule has 16 heteroatoms. The minimum Gasteiger partial charge on any atom is -0.475 e. The van der Waals surface area contributed by atoms with Gasteiger partial charge in [-0.15, -0.1) is 0 Å². The van der Waals surface area contributed by atoms with Gasteiger partial charge in [0, 0.05) is 25.2 Å². The van der Waals surface area contributed by atoms with Crippen LogP contribution in [0.3, 0.4) is 0 Å². The lowest BCUT2D eigenvalue weighted by molar-refractivity contribution is -0.192. The Morgan fingerprint density at radius 2 is 1.69 bits per heavy atom. The van der Waals surface area contributed by atoms with Crippen LogP contribution in [-0.4, -0.2) is 60.5 Å². The van der Waals surface area contributed by atoms with Crippen molar-refractivity contribution in [2.45, 2.75) is 36.8 Å². The number of carboxylic acid groups (broad SMARTS) is 1. The van der Waals surface area contributed by atoms with Crippen molar-refractivity contribution in [2.75, 3.05) is 18.4 Å². The number of aromatic nitrogens is 2. The first-order valence-electron chi connectivity index (χ1n) is 10.2. The zero-order valence-electron chi connectivity index (χ0n) is 18.6. The lowest BCUT2D eigenvalue weighted by Gasteiger charge is -2.21. The summed E-state index contributed by atoms with van der Waals surface area (Å²) >= 11 is 6.01. The molecular weight excluding hydrogens is 531 g/mol. The van der Waals surface area contributed by atoms with E-state index >= 15 is 0 Å². The molecule has 1 aliphatic rings. The molecule has 0 aliphatic carbocycles. The number of nitrogens with one attached hydrogen (secondary N) is 3. The smallest absolute Gasteiger partial charge is 0.475 e. The minimum atomic E-state index is -5.08. The summed E-state index contributed by atoms with van der Waals surface area (Å²) in [7, 11) is -4.17. The van der Waals surface area contributed by atoms with E-state index in [0.29, 0.717) is 5.82 Å². The van der Waals surface area contributed by atoms with Gasteiger partial charge in [-0.1, -0.05) is 11.6 Å². The summed E-state index contributed by atoms with van der Waals surface area (Å²) in [5.74, 6) is -3.08. The summed E-state index contributed by atoms with van der Waals surface area (Å²) in [5, 5.41) is 12.9. The molecule has 3 rings (SSSR count). The monoisotopic (exact) mass is 551 g/mol. The van der Waals surface area contributed by atoms with Gasteiger partial charge in [-0.3, -0.25) is 9.59 Å². The molecule has 0 spiro atoms. The van der Waals surface area contributed by atoms with Crippen LogP contribution in [0.2, 0.25) is 5.02 Å². The van der Waals surface area contributed by atoms with E-state index in [9.17, 15) is 31.2 Å². The Morgan fingerprint density at radius 1 is 1.14 bits per heavy atom. The molecule has 36 heavy (non-hydrogen) atoms. The average molecular weight is 552 g/mol. The van der Waals surface area contributed by atoms with Crippen molar-refractivity contribution in [1.82, 2.24) is 20.0 Å². The lowest BCUT2D eigenvalue weighted by atomic mass is 9.97. The molecule has 4 N–H and O–H groups in total. The van der Waals surface area contributed by atoms with Gasteiger partial charge in [-0.2, -0.15) is 13.2 Å². The van der Waals surface area contributed by atoms with E-state index in [1.54, 1.807) is 0 Å². The summed E-state index contributed by atoms with van der Waals surface area (Å²) in [6.07, 6.45) is -0.617. The third-order valence-corrected chi connectivity index (χ3v) is 6.31. The van der Waals surface area contributed by atoms with Gasteiger partial charge in [0.2, 0.25) is 5.91 Å². The molecule has 0 unspecified atom stereocenters. The normalized spacial score (nSPS) is 14.2. The van der Waals surface area contributed by atoms with Crippen LogP contribution in [0.4, 0.5) is 18.9 Å². The van der Waals surface area contributed by atoms with Crippen molar-refractivity contribution in [3.05, 3.63) is 47.0 Å². The summed E-state index contributed by atoms with van der Waals surface area (Å²) in [4.78, 5) is 40.6. The van der Waals surface area contributed by atoms with Gasteiger partial charge < -0.3 is 15.7 Å². The highest BCUT2D eigenvalue weighted by Gasteiger charge is 2.38. The first-order chi connectivity index (χ1) is 16.7. The molecule has 1 saturated heterocycles. The van der Waals surface area contributed by atoms with E-state index in [1.807, 2.05) is 4.72 Å². The topological polar surface area (TPSA) is 167 Å². The van der Waals surface area contributed by atoms with E-state index in [2.05, 4.69) is 20.6 Å². The predicted octanol–water partition coefficient (Wildman–Crippen LogP) is 2.31. The van der Waals surface area contributed by atoms with Crippen molar-refractivity contribution in [2.24, 2.45) is 0 Å². The molecule has 1 fully saturated rings. The molecule has 0 bridgehead atoms. The molecule has 2 heterocycles. The molecule has 11 nitrogen and oxygen atoms in total. The van der Waals surface area contributed by atoms with E-state index < -0.39 is 28.1 Å². The Morgan fingerprint density at radius 3 is 2.17 bits per heavy atom. The van der Waals surface area contributed by atoms with Crippen molar-refractivity contribution in [3.8, 4) is 0 Å². The van der Waals surface area contributed by atoms with Gasteiger partial charge in [-0.25, -0.2) is 27.9 Å². The molecule has 0 radical (unpaired) electrons. The first-order valence-corrected chi connectivity index (χ1v) is 12.0. The van der Waals surface area contributed by atoms with Crippen molar-refractivity contribution in [3.63, 3.8) is 0 Å². The maximum atomic E-state index is 12.5. The number of sulfonamides is 1. The molecule has 0 atom stereocenters.